The van der Waals surface area contributed by atoms with Crippen LogP contribution in [0.1, 0.15) is 47.8 Å². The van der Waals surface area contributed by atoms with Crippen LogP contribution in [0.25, 0.3) is 10.2 Å². The Balaban J connectivity index is 1.56. The topological polar surface area (TPSA) is 86.4 Å². The lowest BCUT2D eigenvalue weighted by molar-refractivity contribution is 0.0935. The number of carbonyl (C=O) groups is 2. The average molecular weight is 436 g/mol. The summed E-state index contributed by atoms with van der Waals surface area (Å²) in [6, 6.07) is 9.67. The summed E-state index contributed by atoms with van der Waals surface area (Å²) < 4.78 is 0. The second-order valence-electron chi connectivity index (χ2n) is 8.35. The first-order chi connectivity index (χ1) is 15.0. The van der Waals surface area contributed by atoms with Crippen LogP contribution in [-0.4, -0.2) is 36.1 Å². The Morgan fingerprint density at radius 1 is 1.32 bits per heavy atom. The van der Waals surface area contributed by atoms with Gasteiger partial charge in [0.1, 0.15) is 9.71 Å². The number of anilines is 3. The summed E-state index contributed by atoms with van der Waals surface area (Å²) in [5, 5.41) is 10.2. The number of piperidine rings is 1. The summed E-state index contributed by atoms with van der Waals surface area (Å²) in [4.78, 5) is 33.6. The first-order valence-electron chi connectivity index (χ1n) is 10.7. The highest BCUT2D eigenvalue weighted by atomic mass is 32.1. The highest BCUT2D eigenvalue weighted by molar-refractivity contribution is 7.21. The van der Waals surface area contributed by atoms with Gasteiger partial charge in [0, 0.05) is 18.8 Å². The van der Waals surface area contributed by atoms with Gasteiger partial charge in [0.25, 0.3) is 5.91 Å². The van der Waals surface area contributed by atoms with Crippen molar-refractivity contribution in [1.29, 1.82) is 0 Å². The van der Waals surface area contributed by atoms with Crippen molar-refractivity contribution in [3.05, 3.63) is 47.0 Å². The third kappa shape index (κ3) is 3.55. The number of benzene rings is 1. The van der Waals surface area contributed by atoms with Crippen LogP contribution in [-0.2, 0) is 0 Å². The van der Waals surface area contributed by atoms with Crippen LogP contribution in [0.3, 0.4) is 0 Å². The van der Waals surface area contributed by atoms with Crippen molar-refractivity contribution in [2.45, 2.75) is 38.6 Å². The van der Waals surface area contributed by atoms with Crippen molar-refractivity contribution < 1.29 is 9.59 Å². The van der Waals surface area contributed by atoms with Gasteiger partial charge in [-0.05, 0) is 49.1 Å². The number of rotatable bonds is 4. The van der Waals surface area contributed by atoms with Gasteiger partial charge in [0.15, 0.2) is 0 Å². The fraction of sp³-hybridized carbons (Fsp3) is 0.348. The molecule has 31 heavy (non-hydrogen) atoms. The average Bonchev–Trinajstić information content (AvgIpc) is 3.14. The molecule has 2 aliphatic heterocycles. The monoisotopic (exact) mass is 435 g/mol. The van der Waals surface area contributed by atoms with Gasteiger partial charge in [-0.25, -0.2) is 9.78 Å². The molecule has 2 aliphatic rings. The molecular weight excluding hydrogens is 410 g/mol. The van der Waals surface area contributed by atoms with E-state index in [1.807, 2.05) is 24.3 Å². The standard InChI is InChI=1S/C23H25N5O2S/c1-13(2)14-5-3-7-16(11-14)28-17-8-10-25-22-18(17)19(27-23(28)30)20(31-22)21(29)26-15-6-4-9-24-12-15/h3,5,7-8,10-11,13,15,24H,4,6,9,12H2,1-2H3,(H,26,29)(H,27,30)/t15-/m1/s1. The van der Waals surface area contributed by atoms with Crippen molar-refractivity contribution in [1.82, 2.24) is 15.6 Å². The largest absolute Gasteiger partial charge is 0.347 e. The number of hydrogen-bond donors (Lipinski definition) is 3. The Morgan fingerprint density at radius 3 is 2.97 bits per heavy atom. The van der Waals surface area contributed by atoms with Gasteiger partial charge in [-0.3, -0.25) is 9.69 Å². The molecular formula is C23H25N5O2S. The number of pyridine rings is 1. The number of amides is 3. The maximum absolute atomic E-state index is 13.2. The second kappa shape index (κ2) is 7.94. The van der Waals surface area contributed by atoms with Crippen molar-refractivity contribution in [3.8, 4) is 0 Å². The molecule has 2 aromatic heterocycles. The van der Waals surface area contributed by atoms with Crippen LogP contribution in [0, 0.1) is 0 Å². The molecule has 0 radical (unpaired) electrons. The zero-order valence-corrected chi connectivity index (χ0v) is 18.4. The molecule has 3 amide bonds. The van der Waals surface area contributed by atoms with E-state index in [1.54, 1.807) is 11.1 Å². The van der Waals surface area contributed by atoms with Gasteiger partial charge in [0.2, 0.25) is 0 Å². The second-order valence-corrected chi connectivity index (χ2v) is 9.35. The van der Waals surface area contributed by atoms with Gasteiger partial charge in [-0.1, -0.05) is 26.0 Å². The third-order valence-electron chi connectivity index (χ3n) is 5.88. The summed E-state index contributed by atoms with van der Waals surface area (Å²) >= 11 is 1.32. The maximum Gasteiger partial charge on any atom is 0.331 e. The lowest BCUT2D eigenvalue weighted by atomic mass is 10.0. The number of nitrogens with one attached hydrogen (secondary N) is 3. The number of hydrogen-bond acceptors (Lipinski definition) is 5. The van der Waals surface area contributed by atoms with E-state index in [1.165, 1.54) is 11.3 Å². The molecule has 3 aromatic rings. The fourth-order valence-corrected chi connectivity index (χ4v) is 5.27. The van der Waals surface area contributed by atoms with Gasteiger partial charge in [0.05, 0.1) is 22.4 Å². The smallest absolute Gasteiger partial charge is 0.331 e. The molecule has 7 nitrogen and oxygen atoms in total. The maximum atomic E-state index is 13.2. The van der Waals surface area contributed by atoms with Crippen molar-refractivity contribution in [2.24, 2.45) is 0 Å². The van der Waals surface area contributed by atoms with E-state index in [-0.39, 0.29) is 18.0 Å². The molecule has 1 fully saturated rings. The minimum Gasteiger partial charge on any atom is -0.347 e. The SMILES string of the molecule is CC(C)c1cccc(N2C(=O)Nc3c(C(=O)N[C@@H]4CCCNC4)sc4nccc2c34)c1. The van der Waals surface area contributed by atoms with Crippen LogP contribution in [0.15, 0.2) is 36.5 Å². The number of carbonyl (C=O) groups excluding carboxylic acids is 2. The Hall–Kier alpha value is -2.97. The molecule has 0 unspecified atom stereocenters. The van der Waals surface area contributed by atoms with E-state index in [9.17, 15) is 9.59 Å². The van der Waals surface area contributed by atoms with E-state index in [4.69, 9.17) is 0 Å². The van der Waals surface area contributed by atoms with Crippen LogP contribution in [0.4, 0.5) is 21.9 Å². The van der Waals surface area contributed by atoms with Crippen LogP contribution < -0.4 is 20.9 Å². The number of thiophene rings is 1. The molecule has 3 N–H and O–H groups in total. The molecule has 0 spiro atoms. The molecule has 0 aliphatic carbocycles. The van der Waals surface area contributed by atoms with Crippen LogP contribution >= 0.6 is 11.3 Å². The lowest BCUT2D eigenvalue weighted by Gasteiger charge is -2.29. The van der Waals surface area contributed by atoms with Crippen molar-refractivity contribution in [2.75, 3.05) is 23.3 Å². The van der Waals surface area contributed by atoms with E-state index in [0.29, 0.717) is 16.5 Å². The lowest BCUT2D eigenvalue weighted by Crippen LogP contribution is -2.45. The summed E-state index contributed by atoms with van der Waals surface area (Å²) in [5.74, 6) is 0.194. The van der Waals surface area contributed by atoms with Gasteiger partial charge < -0.3 is 16.0 Å². The first-order valence-corrected chi connectivity index (χ1v) is 11.5. The molecule has 160 valence electrons. The number of aromatic nitrogens is 1. The summed E-state index contributed by atoms with van der Waals surface area (Å²) in [5.41, 5.74) is 3.27. The van der Waals surface area contributed by atoms with Gasteiger partial charge in [-0.2, -0.15) is 0 Å². The molecule has 8 heteroatoms. The molecule has 1 atom stereocenters. The minimum atomic E-state index is -0.271. The minimum absolute atomic E-state index is 0.0978. The molecule has 5 rings (SSSR count). The summed E-state index contributed by atoms with van der Waals surface area (Å²) in [6.07, 6.45) is 3.69. The Morgan fingerprint density at radius 2 is 2.19 bits per heavy atom. The van der Waals surface area contributed by atoms with Crippen LogP contribution in [0.5, 0.6) is 0 Å². The van der Waals surface area contributed by atoms with Crippen molar-refractivity contribution >= 4 is 50.6 Å². The molecule has 1 saturated heterocycles. The van der Waals surface area contributed by atoms with Crippen molar-refractivity contribution in [3.63, 3.8) is 0 Å². The predicted molar refractivity (Wildman–Crippen MR) is 125 cm³/mol. The van der Waals surface area contributed by atoms with Gasteiger partial charge >= 0.3 is 6.03 Å². The Labute approximate surface area is 184 Å². The van der Waals surface area contributed by atoms with Crippen LogP contribution in [0.2, 0.25) is 0 Å². The summed E-state index contributed by atoms with van der Waals surface area (Å²) in [7, 11) is 0. The quantitative estimate of drug-likeness (QED) is 0.560. The molecule has 0 bridgehead atoms. The molecule has 1 aromatic carbocycles. The van der Waals surface area contributed by atoms with Gasteiger partial charge in [-0.15, -0.1) is 11.3 Å². The number of urea groups is 1. The zero-order chi connectivity index (χ0) is 21.5. The van der Waals surface area contributed by atoms with E-state index in [0.717, 1.165) is 53.1 Å². The molecule has 4 heterocycles. The fourth-order valence-electron chi connectivity index (χ4n) is 4.25. The van der Waals surface area contributed by atoms with E-state index in [2.05, 4.69) is 40.8 Å². The predicted octanol–water partition coefficient (Wildman–Crippen LogP) is 4.59. The highest BCUT2D eigenvalue weighted by Crippen LogP contribution is 2.45. The summed E-state index contributed by atoms with van der Waals surface area (Å²) in [6.45, 7) is 6.01. The van der Waals surface area contributed by atoms with E-state index >= 15 is 0 Å². The normalized spacial score (nSPS) is 18.4. The Bertz CT molecular complexity index is 1170. The first kappa shape index (κ1) is 20.0. The third-order valence-corrected chi connectivity index (χ3v) is 6.98. The van der Waals surface area contributed by atoms with E-state index < -0.39 is 0 Å². The number of nitrogens with zero attached hydrogens (tertiary/aromatic N) is 2. The molecule has 0 saturated carbocycles. The Kier molecular flexibility index (Phi) is 5.11. The zero-order valence-electron chi connectivity index (χ0n) is 17.6. The highest BCUT2D eigenvalue weighted by Gasteiger charge is 2.33.